The summed E-state index contributed by atoms with van der Waals surface area (Å²) in [5, 5.41) is 20.8. The number of allylic oxidation sites excluding steroid dienone is 30. The number of aliphatic hydroxyl groups is 2. The van der Waals surface area contributed by atoms with Gasteiger partial charge in [-0.25, -0.2) is 9.13 Å². The Morgan fingerprint density at radius 2 is 0.431 bits per heavy atom. The molecule has 4 N–H and O–H groups in total. The molecule has 0 aromatic heterocycles. The first-order chi connectivity index (χ1) is 60.2. The van der Waals surface area contributed by atoms with Crippen molar-refractivity contribution in [3.05, 3.63) is 182 Å². The Hall–Kier alpha value is -5.35. The van der Waals surface area contributed by atoms with Crippen LogP contribution < -0.4 is 0 Å². The van der Waals surface area contributed by atoms with E-state index < -0.39 is 91.5 Å². The van der Waals surface area contributed by atoms with Gasteiger partial charge < -0.3 is 34.2 Å². The minimum atomic E-state index is -4.95. The predicted molar refractivity (Wildman–Crippen MR) is 518 cm³/mol. The highest BCUT2D eigenvalue weighted by molar-refractivity contribution is 7.47. The van der Waals surface area contributed by atoms with Gasteiger partial charge in [0.25, 0.3) is 0 Å². The van der Waals surface area contributed by atoms with Crippen LogP contribution >= 0.6 is 15.6 Å². The van der Waals surface area contributed by atoms with Crippen molar-refractivity contribution in [1.29, 1.82) is 0 Å². The van der Waals surface area contributed by atoms with Crippen LogP contribution in [0.1, 0.15) is 406 Å². The summed E-state index contributed by atoms with van der Waals surface area (Å²) >= 11 is 0. The van der Waals surface area contributed by atoms with Crippen LogP contribution in [0, 0.1) is 0 Å². The Balaban J connectivity index is 4.62. The molecule has 0 amide bonds. The van der Waals surface area contributed by atoms with E-state index in [0.29, 0.717) is 19.3 Å². The van der Waals surface area contributed by atoms with E-state index >= 15 is 0 Å². The third kappa shape index (κ3) is 97.1. The lowest BCUT2D eigenvalue weighted by Crippen LogP contribution is -2.30. The first kappa shape index (κ1) is 118. The fourth-order valence-electron chi connectivity index (χ4n) is 13.2. The first-order valence-corrected chi connectivity index (χ1v) is 52.1. The van der Waals surface area contributed by atoms with Crippen molar-refractivity contribution in [1.82, 2.24) is 0 Å². The van der Waals surface area contributed by atoms with Crippen molar-refractivity contribution in [2.75, 3.05) is 39.6 Å². The summed E-state index contributed by atoms with van der Waals surface area (Å²) in [5.41, 5.74) is 0. The molecule has 5 unspecified atom stereocenters. The molecule has 5 atom stereocenters. The zero-order valence-electron chi connectivity index (χ0n) is 77.8. The Kier molecular flexibility index (Phi) is 91.6. The van der Waals surface area contributed by atoms with Gasteiger partial charge in [0.1, 0.15) is 25.4 Å². The van der Waals surface area contributed by atoms with Gasteiger partial charge in [0.15, 0.2) is 6.10 Å². The molecule has 123 heavy (non-hydrogen) atoms. The molecular weight excluding hydrogens is 1580 g/mol. The second-order valence-electron chi connectivity index (χ2n) is 32.5. The number of phosphoric ester groups is 2. The van der Waals surface area contributed by atoms with Gasteiger partial charge in [-0.2, -0.15) is 0 Å². The molecule has 16 nitrogen and oxygen atoms in total. The average molecular weight is 1760 g/mol. The summed E-state index contributed by atoms with van der Waals surface area (Å²) < 4.78 is 61.6. The summed E-state index contributed by atoms with van der Waals surface area (Å²) in [6.45, 7) is 2.48. The largest absolute Gasteiger partial charge is 0.472 e. The molecule has 704 valence electrons. The van der Waals surface area contributed by atoms with Crippen LogP contribution in [0.25, 0.3) is 0 Å². The number of carbonyl (C=O) groups is 3. The first-order valence-electron chi connectivity index (χ1n) is 49.1. The van der Waals surface area contributed by atoms with Crippen molar-refractivity contribution in [2.45, 2.75) is 424 Å². The van der Waals surface area contributed by atoms with E-state index in [1.165, 1.54) is 167 Å². The lowest BCUT2D eigenvalue weighted by molar-refractivity contribution is -0.161. The number of hydrogen-bond donors (Lipinski definition) is 4. The van der Waals surface area contributed by atoms with Crippen LogP contribution in [-0.2, 0) is 55.8 Å². The Labute approximate surface area is 751 Å². The quantitative estimate of drug-likeness (QED) is 0.0146. The summed E-state index contributed by atoms with van der Waals surface area (Å²) in [6.07, 6.45) is 126. The fourth-order valence-corrected chi connectivity index (χ4v) is 14.8. The summed E-state index contributed by atoms with van der Waals surface area (Å²) in [6, 6.07) is 0. The van der Waals surface area contributed by atoms with E-state index in [0.717, 1.165) is 180 Å². The van der Waals surface area contributed by atoms with E-state index in [1.807, 2.05) is 0 Å². The minimum absolute atomic E-state index is 0.0961. The number of phosphoric acid groups is 2. The van der Waals surface area contributed by atoms with Gasteiger partial charge in [-0.3, -0.25) is 32.5 Å². The molecule has 0 fully saturated rings. The van der Waals surface area contributed by atoms with Crippen LogP contribution in [-0.4, -0.2) is 95.9 Å². The molecule has 0 aliphatic heterocycles. The molecule has 0 spiro atoms. The molecule has 0 aromatic rings. The molecule has 0 radical (unpaired) electrons. The number of hydrogen-bond acceptors (Lipinski definition) is 14. The number of esters is 3. The fraction of sp³-hybridized carbons (Fsp3) is 0.686. The number of carbonyl (C=O) groups excluding carboxylic acids is 3. The average Bonchev–Trinajstić information content (AvgIpc) is 0.892. The second kappa shape index (κ2) is 95.7. The van der Waals surface area contributed by atoms with Gasteiger partial charge in [-0.15, -0.1) is 0 Å². The molecule has 0 saturated heterocycles. The van der Waals surface area contributed by atoms with E-state index in [-0.39, 0.29) is 19.3 Å². The van der Waals surface area contributed by atoms with Gasteiger partial charge >= 0.3 is 33.6 Å². The lowest BCUT2D eigenvalue weighted by atomic mass is 10.0. The van der Waals surface area contributed by atoms with Gasteiger partial charge in [0.05, 0.1) is 26.4 Å². The van der Waals surface area contributed by atoms with Crippen LogP contribution in [0.15, 0.2) is 182 Å². The second-order valence-corrected chi connectivity index (χ2v) is 35.4. The highest BCUT2D eigenvalue weighted by Gasteiger charge is 2.30. The summed E-state index contributed by atoms with van der Waals surface area (Å²) in [4.78, 5) is 59.2. The molecule has 18 heteroatoms. The maximum Gasteiger partial charge on any atom is 0.472 e. The Morgan fingerprint density at radius 3 is 0.683 bits per heavy atom. The third-order valence-electron chi connectivity index (χ3n) is 20.6. The Bertz CT molecular complexity index is 2970. The maximum absolute atomic E-state index is 13.1. The highest BCUT2D eigenvalue weighted by Crippen LogP contribution is 2.45. The standard InChI is InChI=1S/C105H178O16P2/c1-4-7-10-13-16-19-22-25-28-31-34-37-40-43-46-47-48-49-50-51-54-56-58-61-64-67-70-73-76-79-82-85-88-91-103(108)115-94-100(106)95-117-122(111,112)118-96-101(107)97-119-123(113,114)120-99-102(121-105(110)93-90-87-84-81-78-75-72-69-66-63-60-57-53-45-42-39-36-33-30-27-24-21-18-15-12-9-6-3)98-116-104(109)92-89-86-83-80-77-74-71-68-65-62-59-55-52-44-41-38-35-32-29-26-23-20-17-14-11-8-5-2/h7-8,10-11,16-21,25-30,34-39,43-46,48-49,52-53,100-102,106-107H,4-6,9,12-15,22-24,31-33,40-42,47,50-51,54-99H2,1-3H3,(H,111,112)(H,113,114)/b10-7-,11-8-,19-16-,20-17-,21-18-,28-25-,29-26-,30-27-,37-34-,38-35-,39-36-,46-43-,49-48-,52-44-,53-45-. The summed E-state index contributed by atoms with van der Waals surface area (Å²) in [7, 11) is -9.82. The van der Waals surface area contributed by atoms with E-state index in [9.17, 15) is 43.5 Å². The SMILES string of the molecule is CC/C=C\C/C=C\C/C=C\C/C=C\C/C=C\C/C=C\CCCCCCCCCCCCCCCCC(=O)OCC(O)COP(=O)(O)OCC(O)COP(=O)(O)OCC(COC(=O)CCCCCCCCCCCCC/C=C\C/C=C\C/C=C\C/C=C\C/C=C\CC)OC(=O)CCCCCCCCCCCCC/C=C\C/C=C\C/C=C\C/C=C\CCCCC. The lowest BCUT2D eigenvalue weighted by Gasteiger charge is -2.21. The van der Waals surface area contributed by atoms with E-state index in [4.69, 9.17) is 32.3 Å². The van der Waals surface area contributed by atoms with Crippen molar-refractivity contribution in [2.24, 2.45) is 0 Å². The third-order valence-corrected chi connectivity index (χ3v) is 22.5. The van der Waals surface area contributed by atoms with Crippen molar-refractivity contribution < 1.29 is 75.8 Å². The molecule has 0 heterocycles. The van der Waals surface area contributed by atoms with Gasteiger partial charge in [-0.05, 0) is 161 Å². The number of unbranched alkanes of at least 4 members (excludes halogenated alkanes) is 39. The van der Waals surface area contributed by atoms with Crippen LogP contribution in [0.4, 0.5) is 0 Å². The Morgan fingerprint density at radius 1 is 0.236 bits per heavy atom. The van der Waals surface area contributed by atoms with Crippen LogP contribution in [0.2, 0.25) is 0 Å². The topological polar surface area (TPSA) is 231 Å². The van der Waals surface area contributed by atoms with Gasteiger partial charge in [0.2, 0.25) is 0 Å². The number of ether oxygens (including phenoxy) is 3. The number of rotatable bonds is 92. The molecule has 0 rings (SSSR count). The van der Waals surface area contributed by atoms with E-state index in [2.05, 4.69) is 203 Å². The summed E-state index contributed by atoms with van der Waals surface area (Å²) in [5.74, 6) is -1.57. The van der Waals surface area contributed by atoms with Crippen molar-refractivity contribution in [3.8, 4) is 0 Å². The zero-order chi connectivity index (χ0) is 89.3. The molecule has 0 bridgehead atoms. The molecular formula is C105H178O16P2. The maximum atomic E-state index is 13.1. The molecule has 0 saturated carbocycles. The normalized spacial score (nSPS) is 14.5. The van der Waals surface area contributed by atoms with Crippen molar-refractivity contribution in [3.63, 3.8) is 0 Å². The van der Waals surface area contributed by atoms with Gasteiger partial charge in [0, 0.05) is 19.3 Å². The van der Waals surface area contributed by atoms with Crippen LogP contribution in [0.5, 0.6) is 0 Å². The zero-order valence-corrected chi connectivity index (χ0v) is 79.6. The monoisotopic (exact) mass is 1760 g/mol. The van der Waals surface area contributed by atoms with Crippen LogP contribution in [0.3, 0.4) is 0 Å². The highest BCUT2D eigenvalue weighted by atomic mass is 31.2. The number of aliphatic hydroxyl groups excluding tert-OH is 2. The molecule has 0 aliphatic rings. The van der Waals surface area contributed by atoms with Gasteiger partial charge in [-0.1, -0.05) is 409 Å². The predicted octanol–water partition coefficient (Wildman–Crippen LogP) is 30.8. The molecule has 0 aliphatic carbocycles. The van der Waals surface area contributed by atoms with Crippen molar-refractivity contribution >= 4 is 33.6 Å². The van der Waals surface area contributed by atoms with E-state index in [1.54, 1.807) is 0 Å². The minimum Gasteiger partial charge on any atom is -0.463 e. The molecule has 0 aromatic carbocycles. The smallest absolute Gasteiger partial charge is 0.463 e.